The highest BCUT2D eigenvalue weighted by Gasteiger charge is 2.21. The Morgan fingerprint density at radius 1 is 1.14 bits per heavy atom. The maximum Gasteiger partial charge on any atom is 0.266 e. The van der Waals surface area contributed by atoms with Crippen molar-refractivity contribution >= 4 is 17.3 Å². The smallest absolute Gasteiger partial charge is 0.266 e. The molecule has 1 atom stereocenters. The van der Waals surface area contributed by atoms with Crippen molar-refractivity contribution in [2.24, 2.45) is 4.99 Å². The van der Waals surface area contributed by atoms with E-state index in [4.69, 9.17) is 0 Å². The minimum atomic E-state index is -0.0821. The van der Waals surface area contributed by atoms with Crippen LogP contribution in [-0.4, -0.2) is 30.8 Å². The number of rotatable bonds is 7. The van der Waals surface area contributed by atoms with E-state index in [1.54, 1.807) is 0 Å². The molecule has 2 aromatic carbocycles. The van der Waals surface area contributed by atoms with E-state index in [1.165, 1.54) is 5.56 Å². The largest absolute Gasteiger partial charge is 1.00 e. The van der Waals surface area contributed by atoms with Crippen LogP contribution in [0.5, 0.6) is 0 Å². The van der Waals surface area contributed by atoms with Gasteiger partial charge in [-0.25, -0.2) is 4.99 Å². The number of aryl methyl sites for hydroxylation is 1. The highest BCUT2D eigenvalue weighted by molar-refractivity contribution is 6.40. The fourth-order valence-electron chi connectivity index (χ4n) is 3.11. The molecule has 3 rings (SSSR count). The van der Waals surface area contributed by atoms with Crippen LogP contribution in [0.2, 0.25) is 0 Å². The summed E-state index contributed by atoms with van der Waals surface area (Å²) in [5.41, 5.74) is 14.0. The van der Waals surface area contributed by atoms with Crippen molar-refractivity contribution < 1.29 is 41.1 Å². The van der Waals surface area contributed by atoms with Crippen molar-refractivity contribution in [1.82, 2.24) is 5.32 Å². The summed E-state index contributed by atoms with van der Waals surface area (Å²) in [6.45, 7) is 3.57. The van der Waals surface area contributed by atoms with Gasteiger partial charge < -0.3 is 41.6 Å². The molecule has 7 heteroatoms. The van der Waals surface area contributed by atoms with Crippen molar-refractivity contribution in [2.75, 3.05) is 13.1 Å². The van der Waals surface area contributed by atoms with Gasteiger partial charge in [0, 0.05) is 19.3 Å². The molecule has 0 aromatic heterocycles. The Labute approximate surface area is 178 Å². The van der Waals surface area contributed by atoms with E-state index < -0.39 is 0 Å². The number of carbonyl (C=O) groups excluding carboxylic acids is 1. The topological polar surface area (TPSA) is 96.7 Å². The molecule has 2 aromatic rings. The fourth-order valence-corrected chi connectivity index (χ4v) is 3.11. The summed E-state index contributed by atoms with van der Waals surface area (Å²) in [6, 6.07) is 14.9. The number of hydrogen-bond donors (Lipinski definition) is 3. The standard InChI is InChI=1S/C21H26N4O.2ClH/c1-14-4-6-15(7-5-14)16-8-9-17-12-20(25-19(17)11-16)21(26)24-13-18(23)3-2-10-22;;/h4-9,11,18H,2-3,10,12-13,22-23H2,1H3,(H,24,26);2*1H/t18-;;/m1../s1. The Hall–Kier alpha value is -1.92. The lowest BCUT2D eigenvalue weighted by molar-refractivity contribution is -0.423. The van der Waals surface area contributed by atoms with Gasteiger partial charge in [-0.1, -0.05) is 42.0 Å². The molecule has 7 N–H and O–H groups in total. The van der Waals surface area contributed by atoms with Crippen LogP contribution in [0.4, 0.5) is 5.69 Å². The minimum Gasteiger partial charge on any atom is -1.00 e. The quantitative estimate of drug-likeness (QED) is 0.409. The Balaban J connectivity index is 0.00000196. The molecular weight excluding hydrogens is 395 g/mol. The van der Waals surface area contributed by atoms with Crippen LogP contribution in [0, 0.1) is 6.92 Å². The summed E-state index contributed by atoms with van der Waals surface area (Å²) in [4.78, 5) is 17.0. The Morgan fingerprint density at radius 2 is 1.82 bits per heavy atom. The minimum absolute atomic E-state index is 0. The van der Waals surface area contributed by atoms with Gasteiger partial charge in [-0.2, -0.15) is 0 Å². The summed E-state index contributed by atoms with van der Waals surface area (Å²) >= 11 is 0. The molecule has 0 radical (unpaired) electrons. The fraction of sp³-hybridized carbons (Fsp3) is 0.333. The van der Waals surface area contributed by atoms with Crippen LogP contribution in [0.1, 0.15) is 24.0 Å². The lowest BCUT2D eigenvalue weighted by atomic mass is 10.0. The normalized spacial score (nSPS) is 12.9. The number of fused-ring (bicyclic) bond motifs is 1. The molecule has 0 fully saturated rings. The average Bonchev–Trinajstić information content (AvgIpc) is 3.08. The van der Waals surface area contributed by atoms with Crippen molar-refractivity contribution in [1.29, 1.82) is 0 Å². The van der Waals surface area contributed by atoms with E-state index in [-0.39, 0.29) is 36.8 Å². The lowest BCUT2D eigenvalue weighted by Crippen LogP contribution is -3.00. The maximum absolute atomic E-state index is 12.4. The highest BCUT2D eigenvalue weighted by atomic mass is 35.5. The average molecular weight is 423 g/mol. The number of halogens is 2. The van der Waals surface area contributed by atoms with Gasteiger partial charge in [-0.15, -0.1) is 0 Å². The van der Waals surface area contributed by atoms with E-state index in [2.05, 4.69) is 71.2 Å². The van der Waals surface area contributed by atoms with E-state index in [0.717, 1.165) is 41.8 Å². The molecule has 152 valence electrons. The number of nitrogens with zero attached hydrogens (tertiary/aromatic N) is 1. The van der Waals surface area contributed by atoms with Crippen LogP contribution in [-0.2, 0) is 11.2 Å². The second kappa shape index (κ2) is 11.2. The van der Waals surface area contributed by atoms with Gasteiger partial charge >= 0.3 is 0 Å². The van der Waals surface area contributed by atoms with Gasteiger partial charge in [-0.3, -0.25) is 4.79 Å². The summed E-state index contributed by atoms with van der Waals surface area (Å²) in [5, 5.41) is 2.97. The third-order valence-electron chi connectivity index (χ3n) is 4.76. The highest BCUT2D eigenvalue weighted by Crippen LogP contribution is 2.32. The third kappa shape index (κ3) is 6.04. The van der Waals surface area contributed by atoms with Crippen molar-refractivity contribution in [2.45, 2.75) is 32.2 Å². The zero-order valence-electron chi connectivity index (χ0n) is 16.2. The van der Waals surface area contributed by atoms with E-state index in [9.17, 15) is 4.79 Å². The molecule has 0 bridgehead atoms. The van der Waals surface area contributed by atoms with Crippen LogP contribution in [0.15, 0.2) is 47.5 Å². The first-order chi connectivity index (χ1) is 12.6. The molecule has 0 saturated heterocycles. The van der Waals surface area contributed by atoms with Crippen molar-refractivity contribution in [3.05, 3.63) is 53.6 Å². The van der Waals surface area contributed by atoms with Gasteiger partial charge in [0.25, 0.3) is 5.91 Å². The molecule has 0 aliphatic carbocycles. The van der Waals surface area contributed by atoms with Crippen LogP contribution in [0.3, 0.4) is 0 Å². The predicted octanol–water partition coefficient (Wildman–Crippen LogP) is -4.95. The Morgan fingerprint density at radius 3 is 2.50 bits per heavy atom. The molecule has 0 unspecified atom stereocenters. The van der Waals surface area contributed by atoms with E-state index in [0.29, 0.717) is 18.7 Å². The number of carbonyl (C=O) groups is 1. The van der Waals surface area contributed by atoms with Crippen LogP contribution >= 0.6 is 0 Å². The second-order valence-electron chi connectivity index (χ2n) is 7.02. The number of nitrogens with one attached hydrogen (secondary N) is 1. The number of aliphatic imine (C=N–C) groups is 1. The van der Waals surface area contributed by atoms with Crippen molar-refractivity contribution in [3.8, 4) is 11.1 Å². The zero-order chi connectivity index (χ0) is 18.5. The van der Waals surface area contributed by atoms with Gasteiger partial charge in [0.1, 0.15) is 11.8 Å². The summed E-state index contributed by atoms with van der Waals surface area (Å²) < 4.78 is 0. The molecule has 0 saturated carbocycles. The maximum atomic E-state index is 12.4. The molecule has 0 spiro atoms. The van der Waals surface area contributed by atoms with Gasteiger partial charge in [-0.05, 0) is 29.7 Å². The summed E-state index contributed by atoms with van der Waals surface area (Å²) in [7, 11) is 0. The molecule has 1 aliphatic rings. The molecule has 5 nitrogen and oxygen atoms in total. The Kier molecular flexibility index (Phi) is 9.62. The zero-order valence-corrected chi connectivity index (χ0v) is 17.7. The van der Waals surface area contributed by atoms with E-state index in [1.807, 2.05) is 0 Å². The lowest BCUT2D eigenvalue weighted by Gasteiger charge is -2.08. The number of quaternary nitrogens is 2. The van der Waals surface area contributed by atoms with Gasteiger partial charge in [0.15, 0.2) is 0 Å². The number of hydrogen-bond acceptors (Lipinski definition) is 2. The summed E-state index contributed by atoms with van der Waals surface area (Å²) in [6.07, 6.45) is 2.62. The van der Waals surface area contributed by atoms with Gasteiger partial charge in [0.05, 0.1) is 18.8 Å². The van der Waals surface area contributed by atoms with Gasteiger partial charge in [0.2, 0.25) is 0 Å². The van der Waals surface area contributed by atoms with Crippen LogP contribution in [0.25, 0.3) is 11.1 Å². The first-order valence-electron chi connectivity index (χ1n) is 9.25. The molecular formula is C21H28Cl2N4O. The SMILES string of the molecule is Cc1ccc(-c2ccc3c(c2)N=C(C(=O)NC[C@H]([NH3+])CCC[NH3+])C3)cc1.[Cl-].[Cl-]. The van der Waals surface area contributed by atoms with Crippen LogP contribution < -0.4 is 41.6 Å². The molecule has 1 amide bonds. The summed E-state index contributed by atoms with van der Waals surface area (Å²) in [5.74, 6) is -0.0821. The number of amides is 1. The molecule has 1 aliphatic heterocycles. The molecule has 28 heavy (non-hydrogen) atoms. The first kappa shape index (κ1) is 24.1. The predicted molar refractivity (Wildman–Crippen MR) is 104 cm³/mol. The third-order valence-corrected chi connectivity index (χ3v) is 4.76. The first-order valence-corrected chi connectivity index (χ1v) is 9.25. The molecule has 1 heterocycles. The van der Waals surface area contributed by atoms with Crippen molar-refractivity contribution in [3.63, 3.8) is 0 Å². The second-order valence-corrected chi connectivity index (χ2v) is 7.02. The van der Waals surface area contributed by atoms with E-state index >= 15 is 0 Å². The monoisotopic (exact) mass is 422 g/mol. The number of benzene rings is 2. The Bertz CT molecular complexity index is 822.